The number of fused-ring (bicyclic) bond motifs is 1. The van der Waals surface area contributed by atoms with E-state index in [0.717, 1.165) is 23.3 Å². The van der Waals surface area contributed by atoms with E-state index < -0.39 is 10.0 Å². The molecule has 0 spiro atoms. The largest absolute Gasteiger partial charge is 0.352 e. The minimum Gasteiger partial charge on any atom is -0.352 e. The molecule has 1 amide bonds. The fourth-order valence-electron chi connectivity index (χ4n) is 2.10. The van der Waals surface area contributed by atoms with Gasteiger partial charge in [0.2, 0.25) is 0 Å². The van der Waals surface area contributed by atoms with Crippen molar-refractivity contribution in [3.8, 4) is 0 Å². The Balaban J connectivity index is 1.93. The molecule has 7 heteroatoms. The Bertz CT molecular complexity index is 752. The first-order valence-corrected chi connectivity index (χ1v) is 8.40. The number of carbonyl (C=O) groups is 1. The Morgan fingerprint density at radius 2 is 2.10 bits per heavy atom. The van der Waals surface area contributed by atoms with E-state index in [1.54, 1.807) is 29.6 Å². The molecule has 2 N–H and O–H groups in total. The van der Waals surface area contributed by atoms with Gasteiger partial charge in [-0.25, -0.2) is 8.42 Å². The van der Waals surface area contributed by atoms with Crippen LogP contribution in [-0.2, 0) is 16.4 Å². The number of hydrogen-bond donors (Lipinski definition) is 2. The number of anilines is 1. The first-order valence-electron chi connectivity index (χ1n) is 6.04. The van der Waals surface area contributed by atoms with Gasteiger partial charge in [0.25, 0.3) is 15.9 Å². The number of carbonyl (C=O) groups excluding carboxylic acids is 1. The Kier molecular flexibility index (Phi) is 3.23. The van der Waals surface area contributed by atoms with E-state index in [1.807, 2.05) is 0 Å². The van der Waals surface area contributed by atoms with Gasteiger partial charge in [0.05, 0.1) is 0 Å². The molecule has 1 aliphatic heterocycles. The van der Waals surface area contributed by atoms with Gasteiger partial charge < -0.3 is 5.32 Å². The van der Waals surface area contributed by atoms with E-state index in [4.69, 9.17) is 0 Å². The van der Waals surface area contributed by atoms with Crippen molar-refractivity contribution in [1.29, 1.82) is 0 Å². The van der Waals surface area contributed by atoms with Crippen molar-refractivity contribution in [2.24, 2.45) is 0 Å². The van der Waals surface area contributed by atoms with Crippen molar-refractivity contribution in [2.75, 3.05) is 11.3 Å². The van der Waals surface area contributed by atoms with Gasteiger partial charge in [-0.05, 0) is 35.6 Å². The fraction of sp³-hybridized carbons (Fsp3) is 0.154. The molecule has 5 nitrogen and oxygen atoms in total. The average Bonchev–Trinajstić information content (AvgIpc) is 2.94. The van der Waals surface area contributed by atoms with Crippen LogP contribution >= 0.6 is 11.3 Å². The summed E-state index contributed by atoms with van der Waals surface area (Å²) < 4.78 is 27.0. The molecule has 1 aromatic carbocycles. The van der Waals surface area contributed by atoms with Crippen LogP contribution in [-0.4, -0.2) is 20.9 Å². The van der Waals surface area contributed by atoms with Crippen LogP contribution in [0.2, 0.25) is 0 Å². The third kappa shape index (κ3) is 2.41. The molecule has 20 heavy (non-hydrogen) atoms. The smallest absolute Gasteiger partial charge is 0.271 e. The molecule has 104 valence electrons. The number of thiophene rings is 1. The van der Waals surface area contributed by atoms with Crippen molar-refractivity contribution in [3.05, 3.63) is 46.8 Å². The summed E-state index contributed by atoms with van der Waals surface area (Å²) in [5, 5.41) is 4.44. The summed E-state index contributed by atoms with van der Waals surface area (Å²) in [4.78, 5) is 11.7. The van der Waals surface area contributed by atoms with Crippen molar-refractivity contribution in [3.63, 3.8) is 0 Å². The van der Waals surface area contributed by atoms with Gasteiger partial charge in [0.1, 0.15) is 4.21 Å². The van der Waals surface area contributed by atoms with Crippen LogP contribution in [0, 0.1) is 0 Å². The Morgan fingerprint density at radius 1 is 1.25 bits per heavy atom. The van der Waals surface area contributed by atoms with Gasteiger partial charge in [-0.2, -0.15) is 0 Å². The third-order valence-electron chi connectivity index (χ3n) is 3.05. The number of sulfonamides is 1. The summed E-state index contributed by atoms with van der Waals surface area (Å²) in [6.07, 6.45) is 0.763. The molecule has 1 aromatic heterocycles. The molecule has 0 bridgehead atoms. The zero-order valence-electron chi connectivity index (χ0n) is 10.4. The number of amides is 1. The highest BCUT2D eigenvalue weighted by Gasteiger charge is 2.19. The normalized spacial score (nSPS) is 14.5. The minimum atomic E-state index is -3.58. The Hall–Kier alpha value is -1.86. The van der Waals surface area contributed by atoms with E-state index in [9.17, 15) is 13.2 Å². The number of nitrogens with one attached hydrogen (secondary N) is 2. The van der Waals surface area contributed by atoms with Crippen LogP contribution < -0.4 is 10.0 Å². The van der Waals surface area contributed by atoms with Gasteiger partial charge in [-0.3, -0.25) is 9.52 Å². The van der Waals surface area contributed by atoms with E-state index >= 15 is 0 Å². The molecule has 2 heterocycles. The summed E-state index contributed by atoms with van der Waals surface area (Å²) >= 11 is 1.15. The van der Waals surface area contributed by atoms with Crippen LogP contribution in [0.3, 0.4) is 0 Å². The van der Waals surface area contributed by atoms with Crippen LogP contribution in [0.4, 0.5) is 5.69 Å². The monoisotopic (exact) mass is 308 g/mol. The van der Waals surface area contributed by atoms with E-state index in [2.05, 4.69) is 10.0 Å². The van der Waals surface area contributed by atoms with Crippen LogP contribution in [0.15, 0.2) is 39.9 Å². The molecule has 2 aromatic rings. The van der Waals surface area contributed by atoms with Gasteiger partial charge in [-0.15, -0.1) is 11.3 Å². The first-order chi connectivity index (χ1) is 9.56. The van der Waals surface area contributed by atoms with Crippen molar-refractivity contribution in [1.82, 2.24) is 5.32 Å². The van der Waals surface area contributed by atoms with E-state index in [1.165, 1.54) is 6.07 Å². The van der Waals surface area contributed by atoms with Crippen molar-refractivity contribution in [2.45, 2.75) is 10.6 Å². The second-order valence-corrected chi connectivity index (χ2v) is 7.27. The quantitative estimate of drug-likeness (QED) is 0.908. The van der Waals surface area contributed by atoms with Gasteiger partial charge in [0.15, 0.2) is 0 Å². The molecular formula is C13H12N2O3S2. The summed E-state index contributed by atoms with van der Waals surface area (Å²) in [5.74, 6) is -0.163. The summed E-state index contributed by atoms with van der Waals surface area (Å²) in [6, 6.07) is 8.27. The molecule has 0 atom stereocenters. The van der Waals surface area contributed by atoms with Crippen molar-refractivity contribution < 1.29 is 13.2 Å². The molecular weight excluding hydrogens is 296 g/mol. The topological polar surface area (TPSA) is 75.3 Å². The molecule has 0 radical (unpaired) electrons. The lowest BCUT2D eigenvalue weighted by Crippen LogP contribution is -2.31. The highest BCUT2D eigenvalue weighted by atomic mass is 32.2. The predicted molar refractivity (Wildman–Crippen MR) is 77.6 cm³/mol. The lowest BCUT2D eigenvalue weighted by molar-refractivity contribution is 0.0946. The summed E-state index contributed by atoms with van der Waals surface area (Å²) in [6.45, 7) is 0.617. The third-order valence-corrected chi connectivity index (χ3v) is 5.83. The first kappa shape index (κ1) is 13.1. The van der Waals surface area contributed by atoms with Crippen LogP contribution in [0.25, 0.3) is 0 Å². The lowest BCUT2D eigenvalue weighted by atomic mass is 10.00. The highest BCUT2D eigenvalue weighted by Crippen LogP contribution is 2.23. The SMILES string of the molecule is O=C1NCCc2ccc(NS(=O)(=O)c3cccs3)cc21. The zero-order chi connectivity index (χ0) is 14.2. The molecule has 0 fully saturated rings. The maximum Gasteiger partial charge on any atom is 0.271 e. The van der Waals surface area contributed by atoms with Gasteiger partial charge in [-0.1, -0.05) is 12.1 Å². The predicted octanol–water partition coefficient (Wildman–Crippen LogP) is 1.83. The number of rotatable bonds is 3. The minimum absolute atomic E-state index is 0.163. The van der Waals surface area contributed by atoms with E-state index in [0.29, 0.717) is 17.8 Å². The van der Waals surface area contributed by atoms with Crippen LogP contribution in [0.5, 0.6) is 0 Å². The maximum atomic E-state index is 12.1. The van der Waals surface area contributed by atoms with Crippen LogP contribution in [0.1, 0.15) is 15.9 Å². The van der Waals surface area contributed by atoms with E-state index in [-0.39, 0.29) is 10.1 Å². The second kappa shape index (κ2) is 4.92. The summed E-state index contributed by atoms with van der Waals surface area (Å²) in [7, 11) is -3.58. The molecule has 0 saturated heterocycles. The molecule has 0 unspecified atom stereocenters. The molecule has 1 aliphatic rings. The Labute approximate surface area is 120 Å². The molecule has 3 rings (SSSR count). The molecule has 0 aliphatic carbocycles. The summed E-state index contributed by atoms with van der Waals surface area (Å²) in [5.41, 5.74) is 1.87. The Morgan fingerprint density at radius 3 is 2.85 bits per heavy atom. The standard InChI is InChI=1S/C13H12N2O3S2/c16-13-11-8-10(4-3-9(11)5-6-14-13)15-20(17,18)12-2-1-7-19-12/h1-4,7-8,15H,5-6H2,(H,14,16). The second-order valence-electron chi connectivity index (χ2n) is 4.42. The highest BCUT2D eigenvalue weighted by molar-refractivity contribution is 7.94. The lowest BCUT2D eigenvalue weighted by Gasteiger charge is -2.17. The zero-order valence-corrected chi connectivity index (χ0v) is 12.1. The van der Waals surface area contributed by atoms with Gasteiger partial charge >= 0.3 is 0 Å². The number of hydrogen-bond acceptors (Lipinski definition) is 4. The van der Waals surface area contributed by atoms with Gasteiger partial charge in [0, 0.05) is 17.8 Å². The fourth-order valence-corrected chi connectivity index (χ4v) is 4.14. The van der Waals surface area contributed by atoms with Crippen molar-refractivity contribution >= 4 is 33.0 Å². The maximum absolute atomic E-state index is 12.1. The number of benzene rings is 1. The average molecular weight is 308 g/mol. The molecule has 0 saturated carbocycles.